The van der Waals surface area contributed by atoms with Gasteiger partial charge in [0.2, 0.25) is 0 Å². The molecule has 1 nitrogen and oxygen atoms in total. The summed E-state index contributed by atoms with van der Waals surface area (Å²) in [5.74, 6) is 0.606. The highest BCUT2D eigenvalue weighted by Crippen LogP contribution is 2.29. The lowest BCUT2D eigenvalue weighted by Gasteiger charge is -2.29. The topological polar surface area (TPSA) is 12.0 Å². The Morgan fingerprint density at radius 1 is 1.40 bits per heavy atom. The normalized spacial score (nSPS) is 26.6. The summed E-state index contributed by atoms with van der Waals surface area (Å²) in [6.07, 6.45) is 2.34. The average Bonchev–Trinajstić information content (AvgIpc) is 2.22. The van der Waals surface area contributed by atoms with E-state index >= 15 is 0 Å². The molecule has 1 aliphatic rings. The minimum absolute atomic E-state index is 0.129. The Hall–Kier alpha value is -0.890. The number of piperidine rings is 1. The van der Waals surface area contributed by atoms with E-state index in [1.54, 1.807) is 6.07 Å². The SMILES string of the molecule is Cc1ccc(F)cc1C1CC(C)CCN1. The molecule has 2 heteroatoms. The van der Waals surface area contributed by atoms with Crippen LogP contribution in [0.2, 0.25) is 0 Å². The van der Waals surface area contributed by atoms with Crippen molar-refractivity contribution in [1.82, 2.24) is 5.32 Å². The number of aryl methyl sites for hydroxylation is 1. The van der Waals surface area contributed by atoms with Gasteiger partial charge in [0.25, 0.3) is 0 Å². The van der Waals surface area contributed by atoms with Gasteiger partial charge < -0.3 is 5.32 Å². The number of halogens is 1. The third kappa shape index (κ3) is 2.37. The Labute approximate surface area is 90.7 Å². The molecular formula is C13H18FN. The predicted octanol–water partition coefficient (Wildman–Crippen LogP) is 3.19. The third-order valence-corrected chi connectivity index (χ3v) is 3.28. The van der Waals surface area contributed by atoms with Crippen molar-refractivity contribution in [1.29, 1.82) is 0 Å². The van der Waals surface area contributed by atoms with Crippen LogP contribution in [-0.4, -0.2) is 6.54 Å². The van der Waals surface area contributed by atoms with Gasteiger partial charge in [0.15, 0.2) is 0 Å². The summed E-state index contributed by atoms with van der Waals surface area (Å²) < 4.78 is 13.2. The van der Waals surface area contributed by atoms with Crippen molar-refractivity contribution in [2.45, 2.75) is 32.7 Å². The highest BCUT2D eigenvalue weighted by molar-refractivity contribution is 5.29. The van der Waals surface area contributed by atoms with Crippen LogP contribution in [0.3, 0.4) is 0 Å². The van der Waals surface area contributed by atoms with Crippen LogP contribution in [-0.2, 0) is 0 Å². The van der Waals surface area contributed by atoms with E-state index in [1.807, 2.05) is 6.07 Å². The van der Waals surface area contributed by atoms with Crippen molar-refractivity contribution >= 4 is 0 Å². The fraction of sp³-hybridized carbons (Fsp3) is 0.538. The van der Waals surface area contributed by atoms with E-state index < -0.39 is 0 Å². The molecule has 0 saturated carbocycles. The highest BCUT2D eigenvalue weighted by Gasteiger charge is 2.21. The van der Waals surface area contributed by atoms with Crippen molar-refractivity contribution < 1.29 is 4.39 Å². The maximum Gasteiger partial charge on any atom is 0.123 e. The first-order valence-corrected chi connectivity index (χ1v) is 5.66. The summed E-state index contributed by atoms with van der Waals surface area (Å²) in [6.45, 7) is 5.36. The zero-order valence-electron chi connectivity index (χ0n) is 9.39. The van der Waals surface area contributed by atoms with Crippen LogP contribution in [0.1, 0.15) is 36.9 Å². The second-order valence-corrected chi connectivity index (χ2v) is 4.64. The van der Waals surface area contributed by atoms with E-state index in [0.717, 1.165) is 24.4 Å². The molecular weight excluding hydrogens is 189 g/mol. The van der Waals surface area contributed by atoms with Gasteiger partial charge in [-0.25, -0.2) is 4.39 Å². The van der Waals surface area contributed by atoms with E-state index in [-0.39, 0.29) is 5.82 Å². The summed E-state index contributed by atoms with van der Waals surface area (Å²) in [6, 6.07) is 5.41. The summed E-state index contributed by atoms with van der Waals surface area (Å²) in [7, 11) is 0. The Balaban J connectivity index is 2.24. The van der Waals surface area contributed by atoms with Crippen molar-refractivity contribution in [3.63, 3.8) is 0 Å². The van der Waals surface area contributed by atoms with Crippen LogP contribution in [0.15, 0.2) is 18.2 Å². The third-order valence-electron chi connectivity index (χ3n) is 3.28. The first-order valence-electron chi connectivity index (χ1n) is 5.66. The smallest absolute Gasteiger partial charge is 0.123 e. The first-order chi connectivity index (χ1) is 7.16. The molecule has 0 radical (unpaired) electrons. The molecule has 0 bridgehead atoms. The number of nitrogens with one attached hydrogen (secondary N) is 1. The van der Waals surface area contributed by atoms with E-state index in [4.69, 9.17) is 0 Å². The molecule has 1 fully saturated rings. The second kappa shape index (κ2) is 4.31. The molecule has 2 unspecified atom stereocenters. The Kier molecular flexibility index (Phi) is 3.06. The van der Waals surface area contributed by atoms with Gasteiger partial charge in [0, 0.05) is 6.04 Å². The molecule has 82 valence electrons. The summed E-state index contributed by atoms with van der Waals surface area (Å²) in [5.41, 5.74) is 2.31. The lowest BCUT2D eigenvalue weighted by Crippen LogP contribution is -2.31. The summed E-state index contributed by atoms with van der Waals surface area (Å²) >= 11 is 0. The molecule has 2 rings (SSSR count). The Morgan fingerprint density at radius 3 is 2.93 bits per heavy atom. The van der Waals surface area contributed by atoms with Gasteiger partial charge >= 0.3 is 0 Å². The van der Waals surface area contributed by atoms with Crippen molar-refractivity contribution in [2.75, 3.05) is 6.54 Å². The van der Waals surface area contributed by atoms with Crippen LogP contribution in [0.5, 0.6) is 0 Å². The summed E-state index contributed by atoms with van der Waals surface area (Å²) in [4.78, 5) is 0. The monoisotopic (exact) mass is 207 g/mol. The molecule has 1 aliphatic heterocycles. The molecule has 2 atom stereocenters. The van der Waals surface area contributed by atoms with Crippen LogP contribution in [0.4, 0.5) is 4.39 Å². The first kappa shape index (κ1) is 10.6. The van der Waals surface area contributed by atoms with Gasteiger partial charge in [0.1, 0.15) is 5.82 Å². The molecule has 1 heterocycles. The van der Waals surface area contributed by atoms with E-state index in [9.17, 15) is 4.39 Å². The molecule has 1 aromatic rings. The minimum Gasteiger partial charge on any atom is -0.310 e. The van der Waals surface area contributed by atoms with Gasteiger partial charge in [-0.3, -0.25) is 0 Å². The zero-order chi connectivity index (χ0) is 10.8. The molecule has 1 saturated heterocycles. The molecule has 1 N–H and O–H groups in total. The molecule has 0 aromatic heterocycles. The maximum absolute atomic E-state index is 13.2. The molecule has 0 amide bonds. The number of rotatable bonds is 1. The Bertz CT molecular complexity index is 348. The van der Waals surface area contributed by atoms with Gasteiger partial charge in [-0.15, -0.1) is 0 Å². The highest BCUT2D eigenvalue weighted by atomic mass is 19.1. The van der Waals surface area contributed by atoms with Gasteiger partial charge in [-0.1, -0.05) is 13.0 Å². The zero-order valence-corrected chi connectivity index (χ0v) is 9.39. The lowest BCUT2D eigenvalue weighted by atomic mass is 9.88. The van der Waals surface area contributed by atoms with Crippen LogP contribution in [0.25, 0.3) is 0 Å². The van der Waals surface area contributed by atoms with Gasteiger partial charge in [-0.2, -0.15) is 0 Å². The number of hydrogen-bond acceptors (Lipinski definition) is 1. The van der Waals surface area contributed by atoms with Crippen LogP contribution < -0.4 is 5.32 Å². The summed E-state index contributed by atoms with van der Waals surface area (Å²) in [5, 5.41) is 3.47. The Morgan fingerprint density at radius 2 is 2.20 bits per heavy atom. The number of benzene rings is 1. The molecule has 15 heavy (non-hydrogen) atoms. The molecule has 1 aromatic carbocycles. The fourth-order valence-electron chi connectivity index (χ4n) is 2.33. The minimum atomic E-state index is -0.129. The fourth-order valence-corrected chi connectivity index (χ4v) is 2.33. The second-order valence-electron chi connectivity index (χ2n) is 4.64. The lowest BCUT2D eigenvalue weighted by molar-refractivity contribution is 0.324. The largest absolute Gasteiger partial charge is 0.310 e. The van der Waals surface area contributed by atoms with Crippen LogP contribution >= 0.6 is 0 Å². The van der Waals surface area contributed by atoms with Gasteiger partial charge in [0.05, 0.1) is 0 Å². The molecule has 0 aliphatic carbocycles. The standard InChI is InChI=1S/C13H18FN/c1-9-5-6-15-13(7-9)12-8-11(14)4-3-10(12)2/h3-4,8-9,13,15H,5-7H2,1-2H3. The maximum atomic E-state index is 13.2. The van der Waals surface area contributed by atoms with Crippen molar-refractivity contribution in [3.8, 4) is 0 Å². The van der Waals surface area contributed by atoms with E-state index in [0.29, 0.717) is 6.04 Å². The predicted molar refractivity (Wildman–Crippen MR) is 60.3 cm³/mol. The quantitative estimate of drug-likeness (QED) is 0.745. The average molecular weight is 207 g/mol. The molecule has 0 spiro atoms. The van der Waals surface area contributed by atoms with Gasteiger partial charge in [-0.05, 0) is 55.5 Å². The van der Waals surface area contributed by atoms with Crippen LogP contribution in [0, 0.1) is 18.7 Å². The van der Waals surface area contributed by atoms with Crippen molar-refractivity contribution in [3.05, 3.63) is 35.1 Å². The van der Waals surface area contributed by atoms with Crippen molar-refractivity contribution in [2.24, 2.45) is 5.92 Å². The number of hydrogen-bond donors (Lipinski definition) is 1. The van der Waals surface area contributed by atoms with E-state index in [1.165, 1.54) is 18.1 Å². The van der Waals surface area contributed by atoms with E-state index in [2.05, 4.69) is 19.2 Å².